The van der Waals surface area contributed by atoms with Gasteiger partial charge >= 0.3 is 0 Å². The van der Waals surface area contributed by atoms with Gasteiger partial charge in [-0.05, 0) is 44.4 Å². The first kappa shape index (κ1) is 15.6. The van der Waals surface area contributed by atoms with Gasteiger partial charge in [0.2, 0.25) is 5.91 Å². The molecule has 4 nitrogen and oxygen atoms in total. The van der Waals surface area contributed by atoms with Gasteiger partial charge in [0.05, 0.1) is 12.1 Å². The topological polar surface area (TPSA) is 47.6 Å². The number of rotatable bonds is 6. The summed E-state index contributed by atoms with van der Waals surface area (Å²) in [6.45, 7) is 8.44. The van der Waals surface area contributed by atoms with Gasteiger partial charge < -0.3 is 14.8 Å². The summed E-state index contributed by atoms with van der Waals surface area (Å²) >= 11 is 0. The molecule has 0 spiro atoms. The molecular formula is C17H23NO3. The molecule has 1 fully saturated rings. The molecular weight excluding hydrogens is 266 g/mol. The SMILES string of the molecule is C=CC(NC(=O)[C@@H]1CCCO1)c1ccc(OC(C)C)cc1. The third-order valence-corrected chi connectivity index (χ3v) is 3.37. The maximum atomic E-state index is 12.1. The number of ether oxygens (including phenoxy) is 2. The lowest BCUT2D eigenvalue weighted by Crippen LogP contribution is -2.36. The normalized spacial score (nSPS) is 19.3. The Balaban J connectivity index is 1.99. The van der Waals surface area contributed by atoms with Gasteiger partial charge in [-0.1, -0.05) is 18.2 Å². The average Bonchev–Trinajstić information content (AvgIpc) is 2.99. The maximum Gasteiger partial charge on any atom is 0.249 e. The minimum absolute atomic E-state index is 0.0695. The van der Waals surface area contributed by atoms with E-state index in [0.29, 0.717) is 6.61 Å². The summed E-state index contributed by atoms with van der Waals surface area (Å²) < 4.78 is 11.0. The second-order valence-electron chi connectivity index (χ2n) is 5.46. The van der Waals surface area contributed by atoms with E-state index in [-0.39, 0.29) is 24.2 Å². The van der Waals surface area contributed by atoms with Crippen molar-refractivity contribution in [2.24, 2.45) is 0 Å². The Hall–Kier alpha value is -1.81. The molecule has 0 aliphatic carbocycles. The largest absolute Gasteiger partial charge is 0.491 e. The first-order chi connectivity index (χ1) is 10.1. The van der Waals surface area contributed by atoms with Gasteiger partial charge in [0.15, 0.2) is 0 Å². The van der Waals surface area contributed by atoms with Crippen LogP contribution < -0.4 is 10.1 Å². The van der Waals surface area contributed by atoms with Crippen molar-refractivity contribution < 1.29 is 14.3 Å². The van der Waals surface area contributed by atoms with Crippen molar-refractivity contribution in [2.45, 2.75) is 44.9 Å². The van der Waals surface area contributed by atoms with Crippen LogP contribution in [0.4, 0.5) is 0 Å². The van der Waals surface area contributed by atoms with E-state index in [1.165, 1.54) is 0 Å². The minimum atomic E-state index is -0.323. The fourth-order valence-corrected chi connectivity index (χ4v) is 2.33. The first-order valence-electron chi connectivity index (χ1n) is 7.41. The summed E-state index contributed by atoms with van der Waals surface area (Å²) in [4.78, 5) is 12.1. The monoisotopic (exact) mass is 289 g/mol. The highest BCUT2D eigenvalue weighted by atomic mass is 16.5. The Kier molecular flexibility index (Phi) is 5.39. The molecule has 1 aliphatic rings. The molecule has 1 N–H and O–H groups in total. The molecule has 1 amide bonds. The third kappa shape index (κ3) is 4.33. The highest BCUT2D eigenvalue weighted by Gasteiger charge is 2.25. The van der Waals surface area contributed by atoms with Crippen LogP contribution in [-0.2, 0) is 9.53 Å². The number of carbonyl (C=O) groups is 1. The Morgan fingerprint density at radius 2 is 2.14 bits per heavy atom. The van der Waals surface area contributed by atoms with Gasteiger partial charge in [-0.25, -0.2) is 0 Å². The zero-order valence-corrected chi connectivity index (χ0v) is 12.7. The quantitative estimate of drug-likeness (QED) is 0.819. The van der Waals surface area contributed by atoms with Crippen LogP contribution in [0.25, 0.3) is 0 Å². The highest BCUT2D eigenvalue weighted by Crippen LogP contribution is 2.21. The number of carbonyl (C=O) groups excluding carboxylic acids is 1. The highest BCUT2D eigenvalue weighted by molar-refractivity contribution is 5.81. The summed E-state index contributed by atoms with van der Waals surface area (Å²) in [5.41, 5.74) is 0.979. The molecule has 1 heterocycles. The van der Waals surface area contributed by atoms with Crippen molar-refractivity contribution in [1.29, 1.82) is 0 Å². The molecule has 2 atom stereocenters. The van der Waals surface area contributed by atoms with Crippen molar-refractivity contribution >= 4 is 5.91 Å². The van der Waals surface area contributed by atoms with E-state index in [1.807, 2.05) is 38.1 Å². The summed E-state index contributed by atoms with van der Waals surface area (Å²) in [6, 6.07) is 7.49. The lowest BCUT2D eigenvalue weighted by atomic mass is 10.1. The predicted molar refractivity (Wildman–Crippen MR) is 82.3 cm³/mol. The second kappa shape index (κ2) is 7.27. The van der Waals surface area contributed by atoms with Crippen LogP contribution in [0.1, 0.15) is 38.3 Å². The number of hydrogen-bond donors (Lipinski definition) is 1. The van der Waals surface area contributed by atoms with E-state index in [2.05, 4.69) is 11.9 Å². The van der Waals surface area contributed by atoms with Crippen LogP contribution in [0.2, 0.25) is 0 Å². The molecule has 1 unspecified atom stereocenters. The number of hydrogen-bond acceptors (Lipinski definition) is 3. The molecule has 2 rings (SSSR count). The van der Waals surface area contributed by atoms with Crippen molar-refractivity contribution in [2.75, 3.05) is 6.61 Å². The number of nitrogens with one attached hydrogen (secondary N) is 1. The van der Waals surface area contributed by atoms with E-state index in [1.54, 1.807) is 6.08 Å². The zero-order valence-electron chi connectivity index (χ0n) is 12.7. The summed E-state index contributed by atoms with van der Waals surface area (Å²) in [7, 11) is 0. The summed E-state index contributed by atoms with van der Waals surface area (Å²) in [5, 5.41) is 2.96. The van der Waals surface area contributed by atoms with Crippen molar-refractivity contribution in [1.82, 2.24) is 5.32 Å². The molecule has 1 aromatic carbocycles. The molecule has 0 saturated carbocycles. The molecule has 0 aromatic heterocycles. The Bertz CT molecular complexity index is 475. The molecule has 1 aromatic rings. The van der Waals surface area contributed by atoms with Gasteiger partial charge in [0, 0.05) is 6.61 Å². The fraction of sp³-hybridized carbons (Fsp3) is 0.471. The maximum absolute atomic E-state index is 12.1. The Morgan fingerprint density at radius 3 is 2.67 bits per heavy atom. The van der Waals surface area contributed by atoms with Crippen molar-refractivity contribution in [3.8, 4) is 5.75 Å². The van der Waals surface area contributed by atoms with Crippen LogP contribution >= 0.6 is 0 Å². The zero-order chi connectivity index (χ0) is 15.2. The van der Waals surface area contributed by atoms with Crippen molar-refractivity contribution in [3.05, 3.63) is 42.5 Å². The lowest BCUT2D eigenvalue weighted by Gasteiger charge is -2.18. The summed E-state index contributed by atoms with van der Waals surface area (Å²) in [6.07, 6.45) is 3.28. The van der Waals surface area contributed by atoms with Gasteiger partial charge in [0.25, 0.3) is 0 Å². The van der Waals surface area contributed by atoms with Crippen LogP contribution in [0, 0.1) is 0 Å². The van der Waals surface area contributed by atoms with Crippen LogP contribution in [0.15, 0.2) is 36.9 Å². The van der Waals surface area contributed by atoms with E-state index in [4.69, 9.17) is 9.47 Å². The van der Waals surface area contributed by atoms with E-state index < -0.39 is 0 Å². The number of benzene rings is 1. The van der Waals surface area contributed by atoms with E-state index in [9.17, 15) is 4.79 Å². The first-order valence-corrected chi connectivity index (χ1v) is 7.41. The average molecular weight is 289 g/mol. The second-order valence-corrected chi connectivity index (χ2v) is 5.46. The molecule has 1 aliphatic heterocycles. The van der Waals surface area contributed by atoms with Gasteiger partial charge in [-0.2, -0.15) is 0 Å². The van der Waals surface area contributed by atoms with Crippen LogP contribution in [0.3, 0.4) is 0 Å². The number of amides is 1. The molecule has 4 heteroatoms. The predicted octanol–water partition coefficient (Wildman–Crippen LogP) is 3.00. The van der Waals surface area contributed by atoms with Gasteiger partial charge in [-0.3, -0.25) is 4.79 Å². The van der Waals surface area contributed by atoms with Crippen molar-refractivity contribution in [3.63, 3.8) is 0 Å². The Morgan fingerprint density at radius 1 is 1.43 bits per heavy atom. The van der Waals surface area contributed by atoms with Gasteiger partial charge in [-0.15, -0.1) is 6.58 Å². The molecule has 0 radical (unpaired) electrons. The Labute approximate surface area is 126 Å². The molecule has 1 saturated heterocycles. The molecule has 0 bridgehead atoms. The smallest absolute Gasteiger partial charge is 0.249 e. The lowest BCUT2D eigenvalue weighted by molar-refractivity contribution is -0.130. The summed E-state index contributed by atoms with van der Waals surface area (Å²) in [5.74, 6) is 0.752. The fourth-order valence-electron chi connectivity index (χ4n) is 2.33. The standard InChI is InChI=1S/C17H23NO3/c1-4-15(18-17(19)16-6-5-11-20-16)13-7-9-14(10-8-13)21-12(2)3/h4,7-10,12,15-16H,1,5-6,11H2,2-3H3,(H,18,19)/t15?,16-/m0/s1. The third-order valence-electron chi connectivity index (χ3n) is 3.37. The van der Waals surface area contributed by atoms with E-state index >= 15 is 0 Å². The van der Waals surface area contributed by atoms with Gasteiger partial charge in [0.1, 0.15) is 11.9 Å². The minimum Gasteiger partial charge on any atom is -0.491 e. The van der Waals surface area contributed by atoms with E-state index in [0.717, 1.165) is 24.2 Å². The molecule has 114 valence electrons. The molecule has 21 heavy (non-hydrogen) atoms. The van der Waals surface area contributed by atoms with Crippen LogP contribution in [0.5, 0.6) is 5.75 Å². The van der Waals surface area contributed by atoms with Crippen LogP contribution in [-0.4, -0.2) is 24.7 Å².